The summed E-state index contributed by atoms with van der Waals surface area (Å²) in [5.41, 5.74) is 0. The maximum Gasteiger partial charge on any atom is 0.303 e. The SMILES string of the molecule is CC(=O)OC[C@H]1C[C@@H](OCC[N+](C)(CF)C2CC2)[C@H](OC(C)=O)[C@@H](OC(C)=O)[C@@H]1OC(C)=O. The van der Waals surface area contributed by atoms with E-state index in [2.05, 4.69) is 0 Å². The Balaban J connectivity index is 2.27. The average Bonchev–Trinajstić information content (AvgIpc) is 3.55. The number of hydrogen-bond donors (Lipinski definition) is 0. The molecule has 0 N–H and O–H groups in total. The zero-order valence-electron chi connectivity index (χ0n) is 19.9. The highest BCUT2D eigenvalue weighted by atomic mass is 19.1. The molecule has 2 saturated carbocycles. The third-order valence-corrected chi connectivity index (χ3v) is 6.06. The van der Waals surface area contributed by atoms with E-state index < -0.39 is 61.0 Å². The van der Waals surface area contributed by atoms with E-state index in [4.69, 9.17) is 23.7 Å². The standard InChI is InChI=1S/C22H35FNO9/c1-13(25)30-11-17-10-19(29-9-8-24(5,12-23)18-6-7-18)21(32-15(3)27)22(33-16(4)28)20(17)31-14(2)26/h17-22H,6-12H2,1-5H3/q+1/t17-,19-,20-,21+,22+,24?/m1/s1. The van der Waals surface area contributed by atoms with E-state index in [0.717, 1.165) is 12.8 Å². The lowest BCUT2D eigenvalue weighted by molar-refractivity contribution is -0.932. The number of ether oxygens (including phenoxy) is 5. The number of halogens is 1. The fraction of sp³-hybridized carbons (Fsp3) is 0.818. The Labute approximate surface area is 193 Å². The van der Waals surface area contributed by atoms with Gasteiger partial charge in [0.1, 0.15) is 12.6 Å². The van der Waals surface area contributed by atoms with Crippen molar-refractivity contribution in [1.29, 1.82) is 0 Å². The molecule has 0 aromatic rings. The van der Waals surface area contributed by atoms with Crippen LogP contribution in [0.2, 0.25) is 0 Å². The molecule has 11 heteroatoms. The van der Waals surface area contributed by atoms with E-state index in [9.17, 15) is 23.6 Å². The summed E-state index contributed by atoms with van der Waals surface area (Å²) in [5.74, 6) is -3.04. The molecule has 188 valence electrons. The Morgan fingerprint density at radius 1 is 0.848 bits per heavy atom. The van der Waals surface area contributed by atoms with E-state index in [1.165, 1.54) is 27.7 Å². The predicted molar refractivity (Wildman–Crippen MR) is 111 cm³/mol. The summed E-state index contributed by atoms with van der Waals surface area (Å²) in [7, 11) is 1.83. The topological polar surface area (TPSA) is 114 Å². The normalized spacial score (nSPS) is 28.8. The first-order valence-electron chi connectivity index (χ1n) is 11.1. The third kappa shape index (κ3) is 7.92. The Bertz CT molecular complexity index is 729. The molecule has 10 nitrogen and oxygen atoms in total. The maximum absolute atomic E-state index is 13.7. The zero-order valence-corrected chi connectivity index (χ0v) is 19.9. The minimum absolute atomic E-state index is 0.113. The molecule has 2 fully saturated rings. The number of rotatable bonds is 11. The molecule has 33 heavy (non-hydrogen) atoms. The van der Waals surface area contributed by atoms with Crippen LogP contribution in [0.25, 0.3) is 0 Å². The van der Waals surface area contributed by atoms with Gasteiger partial charge in [0.15, 0.2) is 12.2 Å². The average molecular weight is 477 g/mol. The van der Waals surface area contributed by atoms with Gasteiger partial charge < -0.3 is 23.7 Å². The lowest BCUT2D eigenvalue weighted by atomic mass is 9.80. The first-order valence-corrected chi connectivity index (χ1v) is 11.1. The number of quaternary nitrogens is 1. The van der Waals surface area contributed by atoms with Crippen molar-refractivity contribution in [2.75, 3.05) is 33.6 Å². The maximum atomic E-state index is 13.7. The summed E-state index contributed by atoms with van der Waals surface area (Å²) >= 11 is 0. The van der Waals surface area contributed by atoms with Gasteiger partial charge in [-0.2, -0.15) is 4.39 Å². The van der Waals surface area contributed by atoms with Crippen molar-refractivity contribution < 1.29 is 51.7 Å². The van der Waals surface area contributed by atoms with E-state index in [1.807, 2.05) is 7.05 Å². The van der Waals surface area contributed by atoms with Gasteiger partial charge in [0.2, 0.25) is 6.80 Å². The summed E-state index contributed by atoms with van der Waals surface area (Å²) in [4.78, 5) is 46.9. The Hall–Kier alpha value is -2.27. The molecule has 0 aliphatic heterocycles. The van der Waals surface area contributed by atoms with Gasteiger partial charge in [-0.1, -0.05) is 0 Å². The zero-order chi connectivity index (χ0) is 24.8. The van der Waals surface area contributed by atoms with Crippen LogP contribution in [0.5, 0.6) is 0 Å². The Morgan fingerprint density at radius 2 is 1.39 bits per heavy atom. The van der Waals surface area contributed by atoms with Crippen molar-refractivity contribution in [3.05, 3.63) is 0 Å². The third-order valence-electron chi connectivity index (χ3n) is 6.06. The number of alkyl halides is 1. The van der Waals surface area contributed by atoms with Gasteiger partial charge in [-0.15, -0.1) is 0 Å². The van der Waals surface area contributed by atoms with Crippen LogP contribution in [-0.4, -0.2) is 92.4 Å². The predicted octanol–water partition coefficient (Wildman–Crippen LogP) is 1.29. The van der Waals surface area contributed by atoms with Gasteiger partial charge >= 0.3 is 23.9 Å². The number of likely N-dealkylation sites (N-methyl/N-ethyl adjacent to an activating group) is 1. The van der Waals surface area contributed by atoms with E-state index in [-0.39, 0.29) is 30.2 Å². The van der Waals surface area contributed by atoms with Crippen LogP contribution in [0.4, 0.5) is 4.39 Å². The molecule has 0 radical (unpaired) electrons. The lowest BCUT2D eigenvalue weighted by Crippen LogP contribution is -2.60. The molecule has 0 amide bonds. The largest absolute Gasteiger partial charge is 0.465 e. The van der Waals surface area contributed by atoms with Crippen molar-refractivity contribution in [3.63, 3.8) is 0 Å². The van der Waals surface area contributed by atoms with E-state index in [1.54, 1.807) is 0 Å². The molecule has 2 aliphatic rings. The minimum Gasteiger partial charge on any atom is -0.465 e. The molecular weight excluding hydrogens is 441 g/mol. The summed E-state index contributed by atoms with van der Waals surface area (Å²) in [5, 5.41) is 0. The van der Waals surface area contributed by atoms with Crippen LogP contribution >= 0.6 is 0 Å². The highest BCUT2D eigenvalue weighted by Gasteiger charge is 2.52. The fourth-order valence-electron chi connectivity index (χ4n) is 4.25. The lowest BCUT2D eigenvalue weighted by Gasteiger charge is -2.44. The molecular formula is C22H35FNO9+. The molecule has 2 rings (SSSR count). The van der Waals surface area contributed by atoms with Gasteiger partial charge in [0.05, 0.1) is 32.4 Å². The molecule has 6 atom stereocenters. The molecule has 0 heterocycles. The second-order valence-corrected chi connectivity index (χ2v) is 8.98. The van der Waals surface area contributed by atoms with Crippen LogP contribution in [0.1, 0.15) is 47.0 Å². The van der Waals surface area contributed by atoms with Gasteiger partial charge in [0.25, 0.3) is 0 Å². The first-order chi connectivity index (χ1) is 15.5. The van der Waals surface area contributed by atoms with Gasteiger partial charge in [-0.05, 0) is 6.42 Å². The Kier molecular flexibility index (Phi) is 9.59. The Morgan fingerprint density at radius 3 is 1.88 bits per heavy atom. The minimum atomic E-state index is -1.17. The van der Waals surface area contributed by atoms with Crippen molar-refractivity contribution in [2.45, 2.75) is 77.4 Å². The molecule has 0 spiro atoms. The molecule has 0 bridgehead atoms. The summed E-state index contributed by atoms with van der Waals surface area (Å²) in [6.07, 6.45) is -1.88. The number of hydrogen-bond acceptors (Lipinski definition) is 9. The van der Waals surface area contributed by atoms with E-state index in [0.29, 0.717) is 6.54 Å². The first kappa shape index (κ1) is 27.0. The van der Waals surface area contributed by atoms with Crippen LogP contribution in [0.3, 0.4) is 0 Å². The van der Waals surface area contributed by atoms with Crippen molar-refractivity contribution >= 4 is 23.9 Å². The fourth-order valence-corrected chi connectivity index (χ4v) is 4.25. The van der Waals surface area contributed by atoms with Crippen LogP contribution in [-0.2, 0) is 42.9 Å². The molecule has 0 saturated heterocycles. The van der Waals surface area contributed by atoms with E-state index >= 15 is 0 Å². The van der Waals surface area contributed by atoms with Crippen molar-refractivity contribution in [3.8, 4) is 0 Å². The molecule has 0 aromatic carbocycles. The van der Waals surface area contributed by atoms with Gasteiger partial charge in [-0.3, -0.25) is 23.7 Å². The molecule has 2 aliphatic carbocycles. The number of nitrogens with zero attached hydrogens (tertiary/aromatic N) is 1. The summed E-state index contributed by atoms with van der Waals surface area (Å²) in [6.45, 7) is 4.78. The highest BCUT2D eigenvalue weighted by Crippen LogP contribution is 2.35. The smallest absolute Gasteiger partial charge is 0.303 e. The highest BCUT2D eigenvalue weighted by molar-refractivity contribution is 5.68. The van der Waals surface area contributed by atoms with Crippen LogP contribution < -0.4 is 0 Å². The monoisotopic (exact) mass is 476 g/mol. The molecule has 0 aromatic heterocycles. The number of esters is 4. The van der Waals surface area contributed by atoms with Gasteiger partial charge in [-0.25, -0.2) is 0 Å². The second kappa shape index (κ2) is 11.7. The van der Waals surface area contributed by atoms with Crippen molar-refractivity contribution in [2.24, 2.45) is 5.92 Å². The summed E-state index contributed by atoms with van der Waals surface area (Å²) < 4.78 is 41.4. The summed E-state index contributed by atoms with van der Waals surface area (Å²) in [6, 6.07) is 0.257. The van der Waals surface area contributed by atoms with Crippen LogP contribution in [0.15, 0.2) is 0 Å². The second-order valence-electron chi connectivity index (χ2n) is 8.98. The van der Waals surface area contributed by atoms with Gasteiger partial charge in [0, 0.05) is 46.5 Å². The number of carbonyl (C=O) groups excluding carboxylic acids is 4. The quantitative estimate of drug-likeness (QED) is 0.188. The van der Waals surface area contributed by atoms with Crippen LogP contribution in [0, 0.1) is 5.92 Å². The number of carbonyl (C=O) groups is 4. The molecule has 1 unspecified atom stereocenters. The van der Waals surface area contributed by atoms with Crippen molar-refractivity contribution in [1.82, 2.24) is 0 Å².